The van der Waals surface area contributed by atoms with Crippen LogP contribution in [0.4, 0.5) is 5.69 Å². The van der Waals surface area contributed by atoms with Crippen molar-refractivity contribution in [2.45, 2.75) is 18.5 Å². The number of carbonyl (C=O) groups excluding carboxylic acids is 1. The lowest BCUT2D eigenvalue weighted by Gasteiger charge is -2.05. The molecule has 0 aliphatic carbocycles. The van der Waals surface area contributed by atoms with E-state index in [0.717, 1.165) is 12.1 Å². The molecule has 0 radical (unpaired) electrons. The van der Waals surface area contributed by atoms with Gasteiger partial charge in [0.2, 0.25) is 5.91 Å². The fourth-order valence-corrected chi connectivity index (χ4v) is 2.33. The number of carbonyl (C=O) groups is 1. The van der Waals surface area contributed by atoms with E-state index in [1.807, 2.05) is 24.3 Å². The van der Waals surface area contributed by atoms with Gasteiger partial charge < -0.3 is 5.32 Å². The Labute approximate surface area is 120 Å². The van der Waals surface area contributed by atoms with Gasteiger partial charge in [0, 0.05) is 12.7 Å². The Morgan fingerprint density at radius 2 is 2.10 bits per heavy atom. The molecule has 0 fully saturated rings. The minimum atomic E-state index is -0.289. The fourth-order valence-electron chi connectivity index (χ4n) is 1.61. The maximum absolute atomic E-state index is 11.8. The zero-order valence-electron chi connectivity index (χ0n) is 11.3. The van der Waals surface area contributed by atoms with Crippen LogP contribution in [0.3, 0.4) is 0 Å². The molecule has 0 bridgehead atoms. The molecule has 1 amide bonds. The molecule has 1 aromatic carbocycles. The van der Waals surface area contributed by atoms with Gasteiger partial charge in [-0.15, -0.1) is 5.10 Å². The first-order chi connectivity index (χ1) is 9.60. The van der Waals surface area contributed by atoms with Crippen LogP contribution in [0.25, 0.3) is 0 Å². The lowest BCUT2D eigenvalue weighted by Crippen LogP contribution is -2.16. The molecular weight excluding hydrogens is 276 g/mol. The fraction of sp³-hybridized carbons (Fsp3) is 0.308. The summed E-state index contributed by atoms with van der Waals surface area (Å²) >= 11 is 1.21. The summed E-state index contributed by atoms with van der Waals surface area (Å²) in [6, 6.07) is 7.73. The molecule has 6 nitrogen and oxygen atoms in total. The second kappa shape index (κ2) is 6.42. The van der Waals surface area contributed by atoms with Gasteiger partial charge in [-0.25, -0.2) is 9.89 Å². The molecule has 1 heterocycles. The molecule has 2 rings (SSSR count). The third-order valence-electron chi connectivity index (χ3n) is 2.82. The highest BCUT2D eigenvalue weighted by molar-refractivity contribution is 7.99. The number of anilines is 1. The number of hydrogen-bond donors (Lipinski definition) is 2. The molecule has 0 spiro atoms. The second-order valence-corrected chi connectivity index (χ2v) is 5.20. The van der Waals surface area contributed by atoms with Gasteiger partial charge in [0.1, 0.15) is 0 Å². The highest BCUT2D eigenvalue weighted by atomic mass is 32.2. The van der Waals surface area contributed by atoms with Gasteiger partial charge in [-0.1, -0.05) is 30.8 Å². The molecule has 0 unspecified atom stereocenters. The van der Waals surface area contributed by atoms with Gasteiger partial charge in [0.05, 0.1) is 5.75 Å². The molecule has 7 heteroatoms. The maximum atomic E-state index is 11.8. The Balaban J connectivity index is 1.89. The molecular formula is C13H16N4O2S. The Hall–Kier alpha value is -2.02. The molecule has 1 aromatic heterocycles. The van der Waals surface area contributed by atoms with E-state index < -0.39 is 0 Å². The number of thioether (sulfide) groups is 1. The van der Waals surface area contributed by atoms with Gasteiger partial charge in [-0.3, -0.25) is 9.36 Å². The van der Waals surface area contributed by atoms with Crippen LogP contribution in [0, 0.1) is 0 Å². The summed E-state index contributed by atoms with van der Waals surface area (Å²) < 4.78 is 1.37. The standard InChI is InChI=1S/C13H16N4O2S/c1-3-9-4-6-10(7-5-9)14-11(18)8-20-13-16-15-12(19)17(13)2/h4-7H,3,8H2,1-2H3,(H,14,18)(H,15,19). The molecule has 2 N–H and O–H groups in total. The van der Waals surface area contributed by atoms with Crippen LogP contribution in [-0.4, -0.2) is 26.4 Å². The van der Waals surface area contributed by atoms with Crippen LogP contribution in [-0.2, 0) is 18.3 Å². The topological polar surface area (TPSA) is 79.8 Å². The zero-order valence-corrected chi connectivity index (χ0v) is 12.2. The van der Waals surface area contributed by atoms with E-state index in [9.17, 15) is 9.59 Å². The molecule has 0 aliphatic heterocycles. The number of aromatic amines is 1. The summed E-state index contributed by atoms with van der Waals surface area (Å²) in [7, 11) is 1.61. The van der Waals surface area contributed by atoms with Crippen molar-refractivity contribution in [3.05, 3.63) is 40.3 Å². The van der Waals surface area contributed by atoms with Gasteiger partial charge >= 0.3 is 5.69 Å². The summed E-state index contributed by atoms with van der Waals surface area (Å²) in [6.45, 7) is 2.08. The molecule has 0 saturated carbocycles. The predicted octanol–water partition coefficient (Wildman–Crippen LogP) is 1.40. The Kier molecular flexibility index (Phi) is 4.62. The zero-order chi connectivity index (χ0) is 14.5. The Bertz CT molecular complexity index is 645. The first kappa shape index (κ1) is 14.4. The number of nitrogens with one attached hydrogen (secondary N) is 2. The highest BCUT2D eigenvalue weighted by Gasteiger charge is 2.08. The lowest BCUT2D eigenvalue weighted by molar-refractivity contribution is -0.113. The number of H-pyrrole nitrogens is 1. The average Bonchev–Trinajstić information content (AvgIpc) is 2.77. The van der Waals surface area contributed by atoms with Crippen molar-refractivity contribution in [3.63, 3.8) is 0 Å². The van der Waals surface area contributed by atoms with Crippen LogP contribution in [0.15, 0.2) is 34.2 Å². The number of aromatic nitrogens is 3. The van der Waals surface area contributed by atoms with E-state index >= 15 is 0 Å². The van der Waals surface area contributed by atoms with Crippen molar-refractivity contribution in [1.29, 1.82) is 0 Å². The second-order valence-electron chi connectivity index (χ2n) is 4.26. The van der Waals surface area contributed by atoms with Crippen molar-refractivity contribution in [2.24, 2.45) is 7.05 Å². The van der Waals surface area contributed by atoms with Crippen molar-refractivity contribution >= 4 is 23.4 Å². The smallest absolute Gasteiger partial charge is 0.325 e. The maximum Gasteiger partial charge on any atom is 0.343 e. The predicted molar refractivity (Wildman–Crippen MR) is 79.0 cm³/mol. The van der Waals surface area contributed by atoms with Crippen molar-refractivity contribution in [2.75, 3.05) is 11.1 Å². The van der Waals surface area contributed by atoms with Crippen molar-refractivity contribution in [1.82, 2.24) is 14.8 Å². The molecule has 20 heavy (non-hydrogen) atoms. The van der Waals surface area contributed by atoms with Crippen LogP contribution in [0.2, 0.25) is 0 Å². The first-order valence-electron chi connectivity index (χ1n) is 6.23. The molecule has 0 aliphatic rings. The molecule has 106 valence electrons. The normalized spacial score (nSPS) is 10.5. The minimum Gasteiger partial charge on any atom is -0.325 e. The third kappa shape index (κ3) is 3.51. The Morgan fingerprint density at radius 1 is 1.40 bits per heavy atom. The minimum absolute atomic E-state index is 0.130. The molecule has 0 saturated heterocycles. The van der Waals surface area contributed by atoms with Crippen LogP contribution < -0.4 is 11.0 Å². The van der Waals surface area contributed by atoms with Gasteiger partial charge in [-0.2, -0.15) is 0 Å². The summed E-state index contributed by atoms with van der Waals surface area (Å²) in [4.78, 5) is 23.0. The number of benzene rings is 1. The van der Waals surface area contributed by atoms with Gasteiger partial charge in [0.25, 0.3) is 0 Å². The van der Waals surface area contributed by atoms with E-state index in [1.165, 1.54) is 21.9 Å². The number of rotatable bonds is 5. The first-order valence-corrected chi connectivity index (χ1v) is 7.21. The number of nitrogens with zero attached hydrogens (tertiary/aromatic N) is 2. The average molecular weight is 292 g/mol. The van der Waals surface area contributed by atoms with Crippen molar-refractivity contribution in [3.8, 4) is 0 Å². The summed E-state index contributed by atoms with van der Waals surface area (Å²) in [6.07, 6.45) is 0.970. The van der Waals surface area contributed by atoms with E-state index in [4.69, 9.17) is 0 Å². The summed E-state index contributed by atoms with van der Waals surface area (Å²) in [5, 5.41) is 9.45. The van der Waals surface area contributed by atoms with Gasteiger partial charge in [-0.05, 0) is 24.1 Å². The SMILES string of the molecule is CCc1ccc(NC(=O)CSc2n[nH]c(=O)n2C)cc1. The van der Waals surface area contributed by atoms with Gasteiger partial charge in [0.15, 0.2) is 5.16 Å². The van der Waals surface area contributed by atoms with E-state index in [-0.39, 0.29) is 17.3 Å². The number of aryl methyl sites for hydroxylation is 1. The summed E-state index contributed by atoms with van der Waals surface area (Å²) in [5.41, 5.74) is 1.70. The van der Waals surface area contributed by atoms with Crippen LogP contribution >= 0.6 is 11.8 Å². The van der Waals surface area contributed by atoms with E-state index in [1.54, 1.807) is 7.05 Å². The monoisotopic (exact) mass is 292 g/mol. The molecule has 0 atom stereocenters. The van der Waals surface area contributed by atoms with Crippen molar-refractivity contribution < 1.29 is 4.79 Å². The Morgan fingerprint density at radius 3 is 2.65 bits per heavy atom. The molecule has 2 aromatic rings. The van der Waals surface area contributed by atoms with Crippen LogP contribution in [0.1, 0.15) is 12.5 Å². The quantitative estimate of drug-likeness (QED) is 0.816. The number of hydrogen-bond acceptors (Lipinski definition) is 4. The van der Waals surface area contributed by atoms with E-state index in [0.29, 0.717) is 5.16 Å². The highest BCUT2D eigenvalue weighted by Crippen LogP contribution is 2.14. The van der Waals surface area contributed by atoms with Crippen LogP contribution in [0.5, 0.6) is 0 Å². The number of amides is 1. The lowest BCUT2D eigenvalue weighted by atomic mass is 10.1. The van der Waals surface area contributed by atoms with E-state index in [2.05, 4.69) is 22.4 Å². The third-order valence-corrected chi connectivity index (χ3v) is 3.85. The largest absolute Gasteiger partial charge is 0.343 e. The summed E-state index contributed by atoms with van der Waals surface area (Å²) in [5.74, 6) is 0.0721.